The molecule has 3 aromatic carbocycles. The number of rotatable bonds is 8. The number of nitrogens with one attached hydrogen (secondary N) is 2. The molecule has 0 saturated carbocycles. The SMILES string of the molecule is C[C@H](NS(=O)(=O)c1ccc(CCC(=O)Nc2cc(Cl)ccc2Cl)cc1)c1ccccc1. The number of anilines is 1. The van der Waals surface area contributed by atoms with Crippen LogP contribution in [0.4, 0.5) is 5.69 Å². The van der Waals surface area contributed by atoms with Crippen molar-refractivity contribution in [3.8, 4) is 0 Å². The predicted octanol–water partition coefficient (Wildman–Crippen LogP) is 5.60. The van der Waals surface area contributed by atoms with E-state index in [9.17, 15) is 13.2 Å². The van der Waals surface area contributed by atoms with Crippen molar-refractivity contribution in [3.05, 3.63) is 94.0 Å². The van der Waals surface area contributed by atoms with Gasteiger partial charge in [-0.1, -0.05) is 65.7 Å². The van der Waals surface area contributed by atoms with Crippen molar-refractivity contribution < 1.29 is 13.2 Å². The predicted molar refractivity (Wildman–Crippen MR) is 125 cm³/mol. The van der Waals surface area contributed by atoms with E-state index in [1.54, 1.807) is 49.4 Å². The summed E-state index contributed by atoms with van der Waals surface area (Å²) < 4.78 is 28.0. The third-order valence-electron chi connectivity index (χ3n) is 4.71. The monoisotopic (exact) mass is 476 g/mol. The fourth-order valence-electron chi connectivity index (χ4n) is 3.01. The number of hydrogen-bond acceptors (Lipinski definition) is 3. The highest BCUT2D eigenvalue weighted by atomic mass is 35.5. The summed E-state index contributed by atoms with van der Waals surface area (Å²) in [5.74, 6) is -0.209. The molecule has 0 spiro atoms. The summed E-state index contributed by atoms with van der Waals surface area (Å²) >= 11 is 12.0. The Labute approximate surface area is 192 Å². The van der Waals surface area contributed by atoms with Crippen LogP contribution in [0.15, 0.2) is 77.7 Å². The molecule has 0 bridgehead atoms. The number of carbonyl (C=O) groups excluding carboxylic acids is 1. The van der Waals surface area contributed by atoms with Crippen molar-refractivity contribution in [2.75, 3.05) is 5.32 Å². The summed E-state index contributed by atoms with van der Waals surface area (Å²) in [5, 5.41) is 3.62. The Balaban J connectivity index is 1.58. The second-order valence-corrected chi connectivity index (χ2v) is 9.63. The van der Waals surface area contributed by atoms with Crippen molar-refractivity contribution >= 4 is 44.8 Å². The number of carbonyl (C=O) groups is 1. The first-order valence-corrected chi connectivity index (χ1v) is 11.9. The summed E-state index contributed by atoms with van der Waals surface area (Å²) in [6.07, 6.45) is 0.677. The van der Waals surface area contributed by atoms with Gasteiger partial charge in [0.1, 0.15) is 0 Å². The molecule has 3 aromatic rings. The number of halogens is 2. The molecule has 0 aliphatic carbocycles. The minimum absolute atomic E-state index is 0.175. The van der Waals surface area contributed by atoms with E-state index in [1.807, 2.05) is 30.3 Å². The second kappa shape index (κ2) is 10.3. The zero-order chi connectivity index (χ0) is 22.4. The maximum absolute atomic E-state index is 12.7. The molecule has 0 aliphatic heterocycles. The van der Waals surface area contributed by atoms with E-state index < -0.39 is 10.0 Å². The molecular weight excluding hydrogens is 455 g/mol. The van der Waals surface area contributed by atoms with Crippen molar-refractivity contribution in [2.45, 2.75) is 30.7 Å². The number of benzene rings is 3. The van der Waals surface area contributed by atoms with Gasteiger partial charge in [0.25, 0.3) is 0 Å². The Morgan fingerprint density at radius 2 is 1.65 bits per heavy atom. The number of sulfonamides is 1. The Kier molecular flexibility index (Phi) is 7.73. The zero-order valence-corrected chi connectivity index (χ0v) is 19.1. The van der Waals surface area contributed by atoms with Crippen LogP contribution in [-0.4, -0.2) is 14.3 Å². The summed E-state index contributed by atoms with van der Waals surface area (Å²) in [7, 11) is -3.66. The normalized spacial score (nSPS) is 12.4. The van der Waals surface area contributed by atoms with Gasteiger partial charge in [0.2, 0.25) is 15.9 Å². The Morgan fingerprint density at radius 1 is 0.968 bits per heavy atom. The molecule has 0 saturated heterocycles. The lowest BCUT2D eigenvalue weighted by atomic mass is 10.1. The third-order valence-corrected chi connectivity index (χ3v) is 6.83. The molecule has 0 unspecified atom stereocenters. The highest BCUT2D eigenvalue weighted by molar-refractivity contribution is 7.89. The van der Waals surface area contributed by atoms with Gasteiger partial charge in [-0.05, 0) is 54.8 Å². The van der Waals surface area contributed by atoms with Gasteiger partial charge in [-0.25, -0.2) is 13.1 Å². The quantitative estimate of drug-likeness (QED) is 0.443. The average Bonchev–Trinajstić information content (AvgIpc) is 2.75. The van der Waals surface area contributed by atoms with Crippen LogP contribution in [0.25, 0.3) is 0 Å². The van der Waals surface area contributed by atoms with Gasteiger partial charge in [0, 0.05) is 17.5 Å². The second-order valence-electron chi connectivity index (χ2n) is 7.07. The van der Waals surface area contributed by atoms with E-state index in [-0.39, 0.29) is 23.3 Å². The smallest absolute Gasteiger partial charge is 0.241 e. The zero-order valence-electron chi connectivity index (χ0n) is 16.8. The van der Waals surface area contributed by atoms with Crippen molar-refractivity contribution in [1.29, 1.82) is 0 Å². The summed E-state index contributed by atoms with van der Waals surface area (Å²) in [6, 6.07) is 20.4. The van der Waals surface area contributed by atoms with Crippen LogP contribution >= 0.6 is 23.2 Å². The topological polar surface area (TPSA) is 75.3 Å². The van der Waals surface area contributed by atoms with E-state index in [0.717, 1.165) is 11.1 Å². The number of hydrogen-bond donors (Lipinski definition) is 2. The first-order chi connectivity index (χ1) is 14.7. The van der Waals surface area contributed by atoms with Crippen LogP contribution in [-0.2, 0) is 21.2 Å². The van der Waals surface area contributed by atoms with E-state index in [2.05, 4.69) is 10.0 Å². The molecule has 1 amide bonds. The Hall–Kier alpha value is -2.38. The molecule has 5 nitrogen and oxygen atoms in total. The van der Waals surface area contributed by atoms with Gasteiger partial charge in [-0.15, -0.1) is 0 Å². The lowest BCUT2D eigenvalue weighted by Gasteiger charge is -2.15. The van der Waals surface area contributed by atoms with E-state index >= 15 is 0 Å². The third kappa shape index (κ3) is 6.55. The lowest BCUT2D eigenvalue weighted by Crippen LogP contribution is -2.26. The highest BCUT2D eigenvalue weighted by Crippen LogP contribution is 2.25. The van der Waals surface area contributed by atoms with Crippen molar-refractivity contribution in [3.63, 3.8) is 0 Å². The van der Waals surface area contributed by atoms with Crippen LogP contribution in [0.1, 0.15) is 30.5 Å². The van der Waals surface area contributed by atoms with Crippen LogP contribution < -0.4 is 10.0 Å². The molecule has 8 heteroatoms. The minimum atomic E-state index is -3.66. The van der Waals surface area contributed by atoms with Gasteiger partial charge in [0.05, 0.1) is 15.6 Å². The first-order valence-electron chi connectivity index (χ1n) is 9.66. The van der Waals surface area contributed by atoms with Gasteiger partial charge >= 0.3 is 0 Å². The summed E-state index contributed by atoms with van der Waals surface area (Å²) in [4.78, 5) is 12.4. The van der Waals surface area contributed by atoms with Crippen LogP contribution in [0.2, 0.25) is 10.0 Å². The molecule has 162 valence electrons. The maximum Gasteiger partial charge on any atom is 0.241 e. The molecule has 31 heavy (non-hydrogen) atoms. The molecule has 0 radical (unpaired) electrons. The van der Waals surface area contributed by atoms with Crippen LogP contribution in [0.3, 0.4) is 0 Å². The first kappa shape index (κ1) is 23.3. The maximum atomic E-state index is 12.7. The fourth-order valence-corrected chi connectivity index (χ4v) is 4.58. The molecule has 0 aliphatic rings. The molecule has 1 atom stereocenters. The van der Waals surface area contributed by atoms with E-state index in [0.29, 0.717) is 22.2 Å². The Bertz CT molecular complexity index is 1150. The van der Waals surface area contributed by atoms with Crippen molar-refractivity contribution in [1.82, 2.24) is 4.72 Å². The molecule has 0 heterocycles. The standard InChI is InChI=1S/C23H22Cl2N2O3S/c1-16(18-5-3-2-4-6-18)27-31(29,30)20-11-7-17(8-12-20)9-14-23(28)26-22-15-19(24)10-13-21(22)25/h2-8,10-13,15-16,27H,9,14H2,1H3,(H,26,28)/t16-/m0/s1. The van der Waals surface area contributed by atoms with Crippen molar-refractivity contribution in [2.24, 2.45) is 0 Å². The summed E-state index contributed by atoms with van der Waals surface area (Å²) in [5.41, 5.74) is 2.19. The number of aryl methyl sites for hydroxylation is 1. The van der Waals surface area contributed by atoms with E-state index in [1.165, 1.54) is 0 Å². The molecule has 0 aromatic heterocycles. The summed E-state index contributed by atoms with van der Waals surface area (Å²) in [6.45, 7) is 1.80. The van der Waals surface area contributed by atoms with Crippen LogP contribution in [0, 0.1) is 0 Å². The molecule has 3 rings (SSSR count). The molecule has 0 fully saturated rings. The van der Waals surface area contributed by atoms with Gasteiger partial charge in [0.15, 0.2) is 0 Å². The van der Waals surface area contributed by atoms with Gasteiger partial charge < -0.3 is 5.32 Å². The lowest BCUT2D eigenvalue weighted by molar-refractivity contribution is -0.116. The molecular formula is C23H22Cl2N2O3S. The highest BCUT2D eigenvalue weighted by Gasteiger charge is 2.18. The van der Waals surface area contributed by atoms with Crippen LogP contribution in [0.5, 0.6) is 0 Å². The fraction of sp³-hybridized carbons (Fsp3) is 0.174. The molecule has 2 N–H and O–H groups in total. The minimum Gasteiger partial charge on any atom is -0.325 e. The van der Waals surface area contributed by atoms with E-state index in [4.69, 9.17) is 23.2 Å². The van der Waals surface area contributed by atoms with Gasteiger partial charge in [-0.2, -0.15) is 0 Å². The Morgan fingerprint density at radius 3 is 2.32 bits per heavy atom. The largest absolute Gasteiger partial charge is 0.325 e. The average molecular weight is 477 g/mol. The number of amides is 1. The van der Waals surface area contributed by atoms with Gasteiger partial charge in [-0.3, -0.25) is 4.79 Å².